The first-order chi connectivity index (χ1) is 37.3. The smallest absolute Gasteiger partial charge is 0.418 e. The number of nitrogens with one attached hydrogen (secondary N) is 4. The lowest BCUT2D eigenvalue weighted by Gasteiger charge is -2.31. The van der Waals surface area contributed by atoms with Crippen molar-refractivity contribution in [3.8, 4) is 0 Å². The predicted octanol–water partition coefficient (Wildman–Crippen LogP) is 8.85. The van der Waals surface area contributed by atoms with Crippen molar-refractivity contribution < 1.29 is 65.4 Å². The van der Waals surface area contributed by atoms with Crippen molar-refractivity contribution in [3.63, 3.8) is 0 Å². The largest absolute Gasteiger partial charge is 0.427 e. The fraction of sp³-hybridized carbons (Fsp3) is 0.421. The van der Waals surface area contributed by atoms with Crippen molar-refractivity contribution in [2.45, 2.75) is 140 Å². The minimum atomic E-state index is -4.84. The second kappa shape index (κ2) is 24.6. The van der Waals surface area contributed by atoms with Gasteiger partial charge in [0.25, 0.3) is 17.7 Å². The summed E-state index contributed by atoms with van der Waals surface area (Å²) in [5.74, 6) is -5.14. The highest BCUT2D eigenvalue weighted by molar-refractivity contribution is 6.23. The van der Waals surface area contributed by atoms with E-state index in [1.54, 1.807) is 48.5 Å². The number of imide groups is 3. The topological polar surface area (TPSA) is 221 Å². The van der Waals surface area contributed by atoms with Gasteiger partial charge in [-0.2, -0.15) is 13.2 Å². The number of hydrogen-bond donors (Lipinski definition) is 4. The average molecular weight is 1080 g/mol. The van der Waals surface area contributed by atoms with Gasteiger partial charge in [-0.15, -0.1) is 0 Å². The Balaban J connectivity index is 0.679. The van der Waals surface area contributed by atoms with Crippen LogP contribution in [0, 0.1) is 5.82 Å². The number of carbonyl (C=O) groups is 9. The molecule has 17 nitrogen and oxygen atoms in total. The van der Waals surface area contributed by atoms with Crippen molar-refractivity contribution in [2.24, 2.45) is 0 Å². The second-order valence-electron chi connectivity index (χ2n) is 20.2. The van der Waals surface area contributed by atoms with E-state index < -0.39 is 84.3 Å². The number of piperidine rings is 1. The molecular formula is C57H61F4N7O10. The molecule has 2 saturated heterocycles. The number of halogens is 4. The molecule has 8 rings (SSSR count). The molecule has 1 spiro atoms. The maximum absolute atomic E-state index is 13.9. The van der Waals surface area contributed by atoms with Gasteiger partial charge in [0.2, 0.25) is 35.1 Å². The van der Waals surface area contributed by atoms with E-state index >= 15 is 0 Å². The summed E-state index contributed by atoms with van der Waals surface area (Å²) in [6, 6.07) is 18.3. The van der Waals surface area contributed by atoms with E-state index in [-0.39, 0.29) is 60.6 Å². The van der Waals surface area contributed by atoms with Gasteiger partial charge in [-0.1, -0.05) is 75.3 Å². The minimum Gasteiger partial charge on any atom is -0.427 e. The molecule has 0 radical (unpaired) electrons. The fourth-order valence-corrected chi connectivity index (χ4v) is 10.3. The van der Waals surface area contributed by atoms with Crippen LogP contribution in [0.2, 0.25) is 0 Å². The van der Waals surface area contributed by atoms with Crippen LogP contribution in [0.25, 0.3) is 0 Å². The zero-order chi connectivity index (χ0) is 55.7. The Labute approximate surface area is 447 Å². The molecule has 3 aliphatic heterocycles. The molecule has 0 aromatic heterocycles. The maximum Gasteiger partial charge on any atom is 0.418 e. The number of fused-ring (bicyclic) bond motifs is 3. The fourth-order valence-electron chi connectivity index (χ4n) is 10.3. The summed E-state index contributed by atoms with van der Waals surface area (Å²) >= 11 is 0. The van der Waals surface area contributed by atoms with Crippen molar-refractivity contribution in [2.75, 3.05) is 29.0 Å². The average Bonchev–Trinajstić information content (AvgIpc) is 4.23. The van der Waals surface area contributed by atoms with Crippen LogP contribution >= 0.6 is 0 Å². The first-order valence-electron chi connectivity index (χ1n) is 26.4. The zero-order valence-corrected chi connectivity index (χ0v) is 43.1. The Morgan fingerprint density at radius 1 is 0.731 bits per heavy atom. The lowest BCUT2D eigenvalue weighted by atomic mass is 9.94. The van der Waals surface area contributed by atoms with E-state index in [0.29, 0.717) is 51.7 Å². The van der Waals surface area contributed by atoms with Crippen LogP contribution in [0.4, 0.5) is 39.4 Å². The third-order valence-electron chi connectivity index (χ3n) is 14.7. The van der Waals surface area contributed by atoms with E-state index in [0.717, 1.165) is 93.0 Å². The van der Waals surface area contributed by atoms with Crippen LogP contribution in [-0.4, -0.2) is 99.4 Å². The summed E-state index contributed by atoms with van der Waals surface area (Å²) in [6.45, 7) is -0.0785. The van der Waals surface area contributed by atoms with Crippen molar-refractivity contribution >= 4 is 70.4 Å². The van der Waals surface area contributed by atoms with Crippen LogP contribution in [0.3, 0.4) is 0 Å². The van der Waals surface area contributed by atoms with Gasteiger partial charge in [0, 0.05) is 61.4 Å². The van der Waals surface area contributed by atoms with Gasteiger partial charge in [0.05, 0.1) is 11.1 Å². The molecule has 4 aliphatic rings. The first kappa shape index (κ1) is 56.2. The quantitative estimate of drug-likeness (QED) is 0.0295. The number of hydrogen-bond acceptors (Lipinski definition) is 11. The minimum absolute atomic E-state index is 0.0210. The molecule has 0 saturated carbocycles. The van der Waals surface area contributed by atoms with Crippen molar-refractivity contribution in [1.29, 1.82) is 0 Å². The molecule has 1 unspecified atom stereocenters. The SMILES string of the molecule is C[C@H](N(Cc1ccc(F)cc1)C(=O)CN1C(=O)O[C@@]2(CCc3cc(NC(=O)CCc4ccc(NC(=O)CCCCCCCCCCCNc5ccc6c(c5)C(=O)N(C5CCC(=O)NC5=O)C6=O)cc4)ccc32)C1=O)C(F)(F)F. The number of unbranched alkanes of at least 4 members (excludes halogenated alkanes) is 8. The van der Waals surface area contributed by atoms with Crippen LogP contribution < -0.4 is 21.3 Å². The Bertz CT molecular complexity index is 2970. The number of nitrogens with zero attached hydrogens (tertiary/aromatic N) is 3. The molecule has 78 heavy (non-hydrogen) atoms. The van der Waals surface area contributed by atoms with E-state index in [4.69, 9.17) is 4.74 Å². The number of amides is 9. The third-order valence-corrected chi connectivity index (χ3v) is 14.7. The summed E-state index contributed by atoms with van der Waals surface area (Å²) in [4.78, 5) is 118. The molecule has 1 aliphatic carbocycles. The van der Waals surface area contributed by atoms with Gasteiger partial charge in [-0.25, -0.2) is 14.1 Å². The Kier molecular flexibility index (Phi) is 17.7. The van der Waals surface area contributed by atoms with E-state index in [1.807, 2.05) is 12.1 Å². The molecule has 21 heteroatoms. The number of benzene rings is 4. The van der Waals surface area contributed by atoms with Gasteiger partial charge in [-0.05, 0) is 110 Å². The second-order valence-corrected chi connectivity index (χ2v) is 20.2. The van der Waals surface area contributed by atoms with Gasteiger partial charge >= 0.3 is 12.3 Å². The van der Waals surface area contributed by atoms with Crippen molar-refractivity contribution in [1.82, 2.24) is 20.0 Å². The number of anilines is 3. The van der Waals surface area contributed by atoms with Crippen LogP contribution in [-0.2, 0) is 58.5 Å². The molecule has 3 heterocycles. The summed E-state index contributed by atoms with van der Waals surface area (Å²) in [7, 11) is 0. The molecule has 412 valence electrons. The van der Waals surface area contributed by atoms with Gasteiger partial charge < -0.3 is 25.6 Å². The Morgan fingerprint density at radius 2 is 1.35 bits per heavy atom. The standard InChI is InChI=1S/C57H61F4N7O10/c1-35(57(59,60)61)66(33-37-12-17-39(58)18-13-37)50(72)34-67-54(76)56(78-55(67)77)29-28-38-31-42(22-24-45(38)56)64-48(70)26-16-36-14-19-40(20-15-36)63-47(69)11-9-7-5-3-2-4-6-8-10-30-62-41-21-23-43-44(32-41)53(75)68(52(43)74)46-25-27-49(71)65-51(46)73/h12-15,17-24,31-32,35,46,62H,2-11,16,25-30,33-34H2,1H3,(H,63,69)(H,64,70)(H,65,71,73)/t35-,46?,56+/m0/s1. The summed E-state index contributed by atoms with van der Waals surface area (Å²) in [5.41, 5.74) is 2.55. The number of rotatable bonds is 24. The summed E-state index contributed by atoms with van der Waals surface area (Å²) < 4.78 is 60.6. The van der Waals surface area contributed by atoms with Gasteiger partial charge in [0.15, 0.2) is 0 Å². The molecule has 9 amide bonds. The Morgan fingerprint density at radius 3 is 2.04 bits per heavy atom. The monoisotopic (exact) mass is 1080 g/mol. The molecule has 4 N–H and O–H groups in total. The summed E-state index contributed by atoms with van der Waals surface area (Å²) in [6.07, 6.45) is 4.51. The van der Waals surface area contributed by atoms with Gasteiger partial charge in [-0.3, -0.25) is 48.6 Å². The predicted molar refractivity (Wildman–Crippen MR) is 277 cm³/mol. The Hall–Kier alpha value is -7.97. The molecule has 3 atom stereocenters. The highest BCUT2D eigenvalue weighted by atomic mass is 19.4. The first-order valence-corrected chi connectivity index (χ1v) is 26.4. The lowest BCUT2D eigenvalue weighted by Crippen LogP contribution is -2.54. The molecular weight excluding hydrogens is 1020 g/mol. The lowest BCUT2D eigenvalue weighted by molar-refractivity contribution is -0.187. The van der Waals surface area contributed by atoms with Crippen LogP contribution in [0.15, 0.2) is 84.9 Å². The highest BCUT2D eigenvalue weighted by Gasteiger charge is 2.59. The third kappa shape index (κ3) is 13.2. The molecule has 2 fully saturated rings. The van der Waals surface area contributed by atoms with E-state index in [1.165, 1.54) is 12.1 Å². The van der Waals surface area contributed by atoms with Crippen LogP contribution in [0.5, 0.6) is 0 Å². The van der Waals surface area contributed by atoms with Gasteiger partial charge in [0.1, 0.15) is 24.4 Å². The van der Waals surface area contributed by atoms with E-state index in [2.05, 4.69) is 21.3 Å². The molecule has 4 aromatic rings. The van der Waals surface area contributed by atoms with Crippen LogP contribution in [0.1, 0.15) is 140 Å². The summed E-state index contributed by atoms with van der Waals surface area (Å²) in [5, 5.41) is 11.3. The number of ether oxygens (including phenoxy) is 1. The maximum atomic E-state index is 13.9. The molecule has 4 aromatic carbocycles. The van der Waals surface area contributed by atoms with E-state index in [9.17, 15) is 60.7 Å². The highest BCUT2D eigenvalue weighted by Crippen LogP contribution is 2.46. The number of carbonyl (C=O) groups excluding carboxylic acids is 9. The molecule has 0 bridgehead atoms. The number of alkyl halides is 3. The normalized spacial score (nSPS) is 18.2. The number of aryl methyl sites for hydroxylation is 2. The van der Waals surface area contributed by atoms with Crippen molar-refractivity contribution in [3.05, 3.63) is 124 Å². The zero-order valence-electron chi connectivity index (χ0n) is 43.1.